The van der Waals surface area contributed by atoms with Gasteiger partial charge in [0.2, 0.25) is 0 Å². The third-order valence-corrected chi connectivity index (χ3v) is 6.50. The van der Waals surface area contributed by atoms with E-state index >= 15 is 0 Å². The Morgan fingerprint density at radius 3 is 2.20 bits per heavy atom. The lowest BCUT2D eigenvalue weighted by Crippen LogP contribution is -2.18. The van der Waals surface area contributed by atoms with Gasteiger partial charge in [-0.2, -0.15) is 5.10 Å². The molecule has 0 saturated heterocycles. The molecule has 2 N–H and O–H groups in total. The van der Waals surface area contributed by atoms with Gasteiger partial charge in [0.15, 0.2) is 0 Å². The van der Waals surface area contributed by atoms with Crippen molar-refractivity contribution in [1.82, 2.24) is 9.78 Å². The quantitative estimate of drug-likeness (QED) is 0.205. The van der Waals surface area contributed by atoms with Crippen molar-refractivity contribution in [2.75, 3.05) is 5.32 Å². The molecule has 5 rings (SSSR count). The first-order valence-corrected chi connectivity index (χ1v) is 12.7. The van der Waals surface area contributed by atoms with Crippen LogP contribution in [-0.4, -0.2) is 26.9 Å². The number of amides is 1. The molecular weight excluding hydrogens is 525 g/mol. The molecule has 0 radical (unpaired) electrons. The summed E-state index contributed by atoms with van der Waals surface area (Å²) in [6, 6.07) is 27.5. The van der Waals surface area contributed by atoms with E-state index < -0.39 is 24.0 Å². The van der Waals surface area contributed by atoms with E-state index in [9.17, 15) is 19.1 Å². The third-order valence-electron chi connectivity index (χ3n) is 6.50. The fourth-order valence-corrected chi connectivity index (χ4v) is 4.32. The Morgan fingerprint density at radius 2 is 1.54 bits per heavy atom. The van der Waals surface area contributed by atoms with Crippen molar-refractivity contribution >= 4 is 17.9 Å². The van der Waals surface area contributed by atoms with Crippen molar-refractivity contribution in [2.24, 2.45) is 7.05 Å². The number of carbonyl (C=O) groups excluding carboxylic acids is 1. The molecule has 1 heterocycles. The van der Waals surface area contributed by atoms with Crippen LogP contribution in [0.3, 0.4) is 0 Å². The number of carboxylic acids is 1. The molecule has 0 saturated carbocycles. The van der Waals surface area contributed by atoms with Gasteiger partial charge in [0, 0.05) is 18.7 Å². The van der Waals surface area contributed by atoms with Crippen LogP contribution in [0.1, 0.15) is 28.9 Å². The van der Waals surface area contributed by atoms with Crippen LogP contribution in [0.15, 0.2) is 103 Å². The highest BCUT2D eigenvalue weighted by Crippen LogP contribution is 2.32. The number of nitrogens with zero attached hydrogens (tertiary/aromatic N) is 2. The van der Waals surface area contributed by atoms with Gasteiger partial charge in [-0.25, -0.2) is 14.0 Å². The number of carbonyl (C=O) groups is 2. The Hall–Kier alpha value is -5.44. The lowest BCUT2D eigenvalue weighted by Gasteiger charge is -2.15. The zero-order chi connectivity index (χ0) is 28.9. The predicted molar refractivity (Wildman–Crippen MR) is 152 cm³/mol. The Kier molecular flexibility index (Phi) is 7.78. The number of carboxylic acid groups (broad SMARTS) is 1. The fourth-order valence-electron chi connectivity index (χ4n) is 4.32. The van der Waals surface area contributed by atoms with Gasteiger partial charge in [-0.3, -0.25) is 10.00 Å². The number of ether oxygens (including phenoxy) is 2. The molecule has 206 valence electrons. The van der Waals surface area contributed by atoms with Gasteiger partial charge in [0.25, 0.3) is 0 Å². The number of aromatic carboxylic acids is 1. The number of aryl methyl sites for hydroxylation is 1. The van der Waals surface area contributed by atoms with Crippen LogP contribution in [0.5, 0.6) is 11.5 Å². The number of halogens is 1. The van der Waals surface area contributed by atoms with Gasteiger partial charge < -0.3 is 14.6 Å². The van der Waals surface area contributed by atoms with E-state index in [0.29, 0.717) is 11.6 Å². The highest BCUT2D eigenvalue weighted by Gasteiger charge is 2.18. The van der Waals surface area contributed by atoms with Crippen LogP contribution in [0.25, 0.3) is 22.3 Å². The highest BCUT2D eigenvalue weighted by atomic mass is 19.1. The first-order valence-electron chi connectivity index (χ1n) is 12.7. The van der Waals surface area contributed by atoms with E-state index in [2.05, 4.69) is 10.4 Å². The lowest BCUT2D eigenvalue weighted by molar-refractivity contribution is 0.0694. The van der Waals surface area contributed by atoms with E-state index in [1.165, 1.54) is 6.07 Å². The van der Waals surface area contributed by atoms with E-state index in [0.717, 1.165) is 39.9 Å². The normalized spacial score (nSPS) is 11.5. The topological polar surface area (TPSA) is 103 Å². The van der Waals surface area contributed by atoms with Gasteiger partial charge >= 0.3 is 12.1 Å². The summed E-state index contributed by atoms with van der Waals surface area (Å²) < 4.78 is 26.4. The van der Waals surface area contributed by atoms with E-state index in [4.69, 9.17) is 9.47 Å². The van der Waals surface area contributed by atoms with Crippen LogP contribution >= 0.6 is 0 Å². The Morgan fingerprint density at radius 1 is 0.902 bits per heavy atom. The number of nitrogens with one attached hydrogen (secondary N) is 1. The Labute approximate surface area is 235 Å². The summed E-state index contributed by atoms with van der Waals surface area (Å²) in [5.74, 6) is -0.996. The van der Waals surface area contributed by atoms with Gasteiger partial charge in [0.05, 0.1) is 6.20 Å². The monoisotopic (exact) mass is 551 g/mol. The third kappa shape index (κ3) is 6.25. The van der Waals surface area contributed by atoms with Crippen LogP contribution in [0.2, 0.25) is 0 Å². The number of hydrogen-bond donors (Lipinski definition) is 2. The summed E-state index contributed by atoms with van der Waals surface area (Å²) in [5.41, 5.74) is 4.16. The van der Waals surface area contributed by atoms with Crippen LogP contribution in [0, 0.1) is 5.82 Å². The second-order valence-electron chi connectivity index (χ2n) is 9.26. The van der Waals surface area contributed by atoms with E-state index in [1.807, 2.05) is 73.7 Å². The summed E-state index contributed by atoms with van der Waals surface area (Å²) in [5, 5.41) is 16.4. The van der Waals surface area contributed by atoms with Crippen molar-refractivity contribution in [3.63, 3.8) is 0 Å². The molecule has 1 aromatic heterocycles. The smallest absolute Gasteiger partial charge is 0.413 e. The molecule has 0 aliphatic heterocycles. The number of anilines is 1. The molecule has 5 aromatic rings. The van der Waals surface area contributed by atoms with Crippen molar-refractivity contribution in [1.29, 1.82) is 0 Å². The second kappa shape index (κ2) is 11.7. The molecule has 0 fully saturated rings. The molecule has 1 atom stereocenters. The minimum Gasteiger partial charge on any atom is -0.478 e. The highest BCUT2D eigenvalue weighted by molar-refractivity contribution is 5.91. The molecule has 1 amide bonds. The Balaban J connectivity index is 1.28. The van der Waals surface area contributed by atoms with Gasteiger partial charge in [0.1, 0.15) is 34.8 Å². The standard InChI is InChI=1S/C32H26FN3O5/c1-20(21-6-4-3-5-7-21)40-32(39)35-30-28(19-34-36(30)2)24-10-8-22(9-11-24)23-12-15-26(16-13-23)41-29-18-25(33)14-17-27(29)31(37)38/h3-20H,1-2H3,(H,35,39)(H,37,38). The lowest BCUT2D eigenvalue weighted by atomic mass is 10.0. The molecule has 0 spiro atoms. The van der Waals surface area contributed by atoms with Crippen molar-refractivity contribution in [3.05, 3.63) is 120 Å². The van der Waals surface area contributed by atoms with Crippen molar-refractivity contribution in [2.45, 2.75) is 13.0 Å². The average Bonchev–Trinajstić information content (AvgIpc) is 3.33. The summed E-state index contributed by atoms with van der Waals surface area (Å²) in [7, 11) is 1.74. The zero-order valence-corrected chi connectivity index (χ0v) is 22.2. The van der Waals surface area contributed by atoms with Gasteiger partial charge in [-0.1, -0.05) is 66.7 Å². The maximum Gasteiger partial charge on any atom is 0.413 e. The number of aromatic nitrogens is 2. The summed E-state index contributed by atoms with van der Waals surface area (Å²) in [6.45, 7) is 1.81. The second-order valence-corrected chi connectivity index (χ2v) is 9.26. The summed E-state index contributed by atoms with van der Waals surface area (Å²) in [4.78, 5) is 24.1. The maximum atomic E-state index is 13.7. The van der Waals surface area contributed by atoms with Crippen LogP contribution < -0.4 is 10.1 Å². The molecule has 0 aliphatic carbocycles. The minimum atomic E-state index is -1.21. The van der Waals surface area contributed by atoms with E-state index in [-0.39, 0.29) is 11.3 Å². The molecule has 0 aliphatic rings. The summed E-state index contributed by atoms with van der Waals surface area (Å²) >= 11 is 0. The maximum absolute atomic E-state index is 13.7. The first kappa shape index (κ1) is 27.1. The number of rotatable bonds is 8. The fraction of sp³-hybridized carbons (Fsp3) is 0.0938. The molecule has 9 heteroatoms. The van der Waals surface area contributed by atoms with Crippen LogP contribution in [0.4, 0.5) is 15.0 Å². The molecule has 1 unspecified atom stereocenters. The zero-order valence-electron chi connectivity index (χ0n) is 22.2. The Bertz CT molecular complexity index is 1680. The minimum absolute atomic E-state index is 0.0751. The number of benzene rings is 4. The SMILES string of the molecule is CC(OC(=O)Nc1c(-c2ccc(-c3ccc(Oc4cc(F)ccc4C(=O)O)cc3)cc2)cnn1C)c1ccccc1. The first-order chi connectivity index (χ1) is 19.8. The van der Waals surface area contributed by atoms with Crippen molar-refractivity contribution < 1.29 is 28.6 Å². The number of hydrogen-bond acceptors (Lipinski definition) is 5. The van der Waals surface area contributed by atoms with Crippen LogP contribution in [-0.2, 0) is 11.8 Å². The van der Waals surface area contributed by atoms with Crippen molar-refractivity contribution in [3.8, 4) is 33.8 Å². The molecule has 41 heavy (non-hydrogen) atoms. The molecule has 0 bridgehead atoms. The molecule has 4 aromatic carbocycles. The van der Waals surface area contributed by atoms with E-state index in [1.54, 1.807) is 30.1 Å². The predicted octanol–water partition coefficient (Wildman–Crippen LogP) is 7.69. The van der Waals surface area contributed by atoms with Gasteiger partial charge in [-0.15, -0.1) is 0 Å². The molecular formula is C32H26FN3O5. The molecule has 8 nitrogen and oxygen atoms in total. The largest absolute Gasteiger partial charge is 0.478 e. The average molecular weight is 552 g/mol. The summed E-state index contributed by atoms with van der Waals surface area (Å²) in [6.07, 6.45) is 0.672. The van der Waals surface area contributed by atoms with Gasteiger partial charge in [-0.05, 0) is 53.4 Å².